The Morgan fingerprint density at radius 3 is 2.36 bits per heavy atom. The number of benzene rings is 3. The summed E-state index contributed by atoms with van der Waals surface area (Å²) in [5.74, 6) is 0.407. The largest absolute Gasteiger partial charge is 0.478 e. The lowest BCUT2D eigenvalue weighted by Gasteiger charge is -2.20. The number of carbonyl (C=O) groups is 2. The number of aryl methyl sites for hydroxylation is 1. The quantitative estimate of drug-likeness (QED) is 0.145. The summed E-state index contributed by atoms with van der Waals surface area (Å²) in [4.78, 5) is 37.6. The van der Waals surface area contributed by atoms with E-state index in [2.05, 4.69) is 26.8 Å². The summed E-state index contributed by atoms with van der Waals surface area (Å²) >= 11 is 12.7. The first-order chi connectivity index (χ1) is 21.3. The molecule has 2 heterocycles. The molecule has 1 atom stereocenters. The van der Waals surface area contributed by atoms with Crippen LogP contribution in [0.1, 0.15) is 58.0 Å². The second-order valence-corrected chi connectivity index (χ2v) is 10.9. The molecule has 0 unspecified atom stereocenters. The third-order valence-electron chi connectivity index (χ3n) is 6.88. The fourth-order valence-corrected chi connectivity index (χ4v) is 5.13. The van der Waals surface area contributed by atoms with Crippen molar-refractivity contribution in [3.05, 3.63) is 124 Å². The lowest BCUT2D eigenvalue weighted by atomic mass is 10.0. The maximum absolute atomic E-state index is 13.3. The summed E-state index contributed by atoms with van der Waals surface area (Å²) in [7, 11) is 0. The number of nitrogens with zero attached hydrogens (tertiary/aromatic N) is 4. The maximum atomic E-state index is 13.3. The van der Waals surface area contributed by atoms with Crippen molar-refractivity contribution in [1.82, 2.24) is 24.8 Å². The number of aromatic nitrogens is 4. The van der Waals surface area contributed by atoms with E-state index in [9.17, 15) is 9.59 Å². The summed E-state index contributed by atoms with van der Waals surface area (Å²) < 4.78 is 7.96. The highest BCUT2D eigenvalue weighted by Gasteiger charge is 2.24. The summed E-state index contributed by atoms with van der Waals surface area (Å²) in [5.41, 5.74) is 2.72. The molecule has 0 saturated carbocycles. The van der Waals surface area contributed by atoms with Gasteiger partial charge in [0.1, 0.15) is 23.0 Å². The highest BCUT2D eigenvalue weighted by atomic mass is 35.5. The van der Waals surface area contributed by atoms with E-state index in [-0.39, 0.29) is 17.2 Å². The summed E-state index contributed by atoms with van der Waals surface area (Å²) in [5, 5.41) is 13.2. The van der Waals surface area contributed by atoms with E-state index in [1.165, 1.54) is 30.7 Å². The van der Waals surface area contributed by atoms with E-state index < -0.39 is 12.0 Å². The fraction of sp³-hybridized carbons (Fsp3) is 0.182. The van der Waals surface area contributed by atoms with E-state index >= 15 is 0 Å². The van der Waals surface area contributed by atoms with Gasteiger partial charge in [0.15, 0.2) is 0 Å². The zero-order chi connectivity index (χ0) is 31.1. The minimum absolute atomic E-state index is 0.182. The van der Waals surface area contributed by atoms with Crippen LogP contribution in [0.4, 0.5) is 0 Å². The molecule has 44 heavy (non-hydrogen) atoms. The number of amides is 1. The number of carbonyl (C=O) groups excluding carboxylic acids is 1. The number of aromatic carboxylic acids is 1. The molecular weight excluding hydrogens is 601 g/mol. The number of ether oxygens (including phenoxy) is 1. The van der Waals surface area contributed by atoms with Crippen LogP contribution in [0.25, 0.3) is 11.3 Å². The van der Waals surface area contributed by atoms with Crippen molar-refractivity contribution in [2.24, 2.45) is 0 Å². The third-order valence-corrected chi connectivity index (χ3v) is 7.43. The molecule has 3 aromatic carbocycles. The van der Waals surface area contributed by atoms with Gasteiger partial charge in [0.2, 0.25) is 0 Å². The van der Waals surface area contributed by atoms with E-state index in [4.69, 9.17) is 38.0 Å². The summed E-state index contributed by atoms with van der Waals surface area (Å²) in [6, 6.07) is 18.4. The number of nitrogens with one attached hydrogen (secondary N) is 1. The maximum Gasteiger partial charge on any atom is 0.335 e. The molecule has 0 aliphatic rings. The van der Waals surface area contributed by atoms with Gasteiger partial charge in [0, 0.05) is 35.7 Å². The van der Waals surface area contributed by atoms with Crippen LogP contribution in [0.2, 0.25) is 10.0 Å². The molecule has 0 fully saturated rings. The van der Waals surface area contributed by atoms with Crippen LogP contribution in [-0.2, 0) is 13.0 Å². The summed E-state index contributed by atoms with van der Waals surface area (Å²) in [6.07, 6.45) is 8.68. The van der Waals surface area contributed by atoms with Crippen molar-refractivity contribution in [1.29, 1.82) is 0 Å². The Bertz CT molecular complexity index is 1740. The average Bonchev–Trinajstić information content (AvgIpc) is 3.45. The van der Waals surface area contributed by atoms with Gasteiger partial charge >= 0.3 is 5.97 Å². The van der Waals surface area contributed by atoms with Crippen molar-refractivity contribution in [3.63, 3.8) is 0 Å². The summed E-state index contributed by atoms with van der Waals surface area (Å²) in [6.45, 7) is 2.82. The molecule has 0 radical (unpaired) electrons. The SMILES string of the molecule is CCCCn1cc(-c2ccc(Cl)cc2Cl)nc1[C@H](Cc1ccc(Oc2ccc(C(=O)O)cc2)cc1)NC(=O)c1cnccn1. The van der Waals surface area contributed by atoms with E-state index in [0.29, 0.717) is 46.0 Å². The Morgan fingerprint density at radius 1 is 1.00 bits per heavy atom. The molecule has 2 aromatic heterocycles. The second-order valence-electron chi connectivity index (χ2n) is 10.1. The van der Waals surface area contributed by atoms with Crippen LogP contribution in [0.5, 0.6) is 11.5 Å². The van der Waals surface area contributed by atoms with Crippen molar-refractivity contribution in [3.8, 4) is 22.8 Å². The van der Waals surface area contributed by atoms with Crippen molar-refractivity contribution >= 4 is 35.1 Å². The molecule has 0 saturated heterocycles. The van der Waals surface area contributed by atoms with Crippen LogP contribution in [0.15, 0.2) is 91.5 Å². The normalized spacial score (nSPS) is 11.6. The van der Waals surface area contributed by atoms with Crippen LogP contribution < -0.4 is 10.1 Å². The smallest absolute Gasteiger partial charge is 0.335 e. The van der Waals surface area contributed by atoms with Crippen molar-refractivity contribution in [2.45, 2.75) is 38.8 Å². The molecule has 1 amide bonds. The number of carboxylic acids is 1. The van der Waals surface area contributed by atoms with Gasteiger partial charge in [-0.1, -0.05) is 48.7 Å². The number of imidazole rings is 1. The first-order valence-corrected chi connectivity index (χ1v) is 14.8. The van der Waals surface area contributed by atoms with Gasteiger partial charge in [-0.3, -0.25) is 9.78 Å². The zero-order valence-electron chi connectivity index (χ0n) is 23.8. The average molecular weight is 631 g/mol. The minimum atomic E-state index is -0.999. The van der Waals surface area contributed by atoms with Crippen molar-refractivity contribution < 1.29 is 19.4 Å². The van der Waals surface area contributed by atoms with Crippen molar-refractivity contribution in [2.75, 3.05) is 0 Å². The van der Waals surface area contributed by atoms with Gasteiger partial charge in [-0.05, 0) is 73.0 Å². The number of hydrogen-bond donors (Lipinski definition) is 2. The Hall–Kier alpha value is -4.73. The molecule has 0 spiro atoms. The number of carboxylic acid groups (broad SMARTS) is 1. The highest BCUT2D eigenvalue weighted by molar-refractivity contribution is 6.36. The lowest BCUT2D eigenvalue weighted by molar-refractivity contribution is 0.0696. The fourth-order valence-electron chi connectivity index (χ4n) is 4.63. The molecule has 5 aromatic rings. The Balaban J connectivity index is 1.45. The van der Waals surface area contributed by atoms with Gasteiger partial charge in [0.25, 0.3) is 5.91 Å². The Morgan fingerprint density at radius 2 is 1.73 bits per heavy atom. The molecular formula is C33H29Cl2N5O4. The van der Waals surface area contributed by atoms with Gasteiger partial charge in [-0.15, -0.1) is 0 Å². The zero-order valence-corrected chi connectivity index (χ0v) is 25.3. The molecule has 0 bridgehead atoms. The van der Waals surface area contributed by atoms with E-state index in [1.807, 2.05) is 36.5 Å². The highest BCUT2D eigenvalue weighted by Crippen LogP contribution is 2.32. The van der Waals surface area contributed by atoms with E-state index in [1.54, 1.807) is 24.3 Å². The monoisotopic (exact) mass is 629 g/mol. The predicted molar refractivity (Wildman–Crippen MR) is 168 cm³/mol. The molecule has 11 heteroatoms. The van der Waals surface area contributed by atoms with Gasteiger partial charge in [0.05, 0.1) is 28.5 Å². The molecule has 0 aliphatic carbocycles. The first-order valence-electron chi connectivity index (χ1n) is 14.0. The number of rotatable bonds is 12. The number of halogens is 2. The third kappa shape index (κ3) is 7.61. The Kier molecular flexibility index (Phi) is 9.89. The van der Waals surface area contributed by atoms with Crippen LogP contribution >= 0.6 is 23.2 Å². The van der Waals surface area contributed by atoms with Crippen LogP contribution in [0.3, 0.4) is 0 Å². The first kappa shape index (κ1) is 30.7. The lowest BCUT2D eigenvalue weighted by Crippen LogP contribution is -2.32. The van der Waals surface area contributed by atoms with Gasteiger partial charge in [-0.25, -0.2) is 14.8 Å². The van der Waals surface area contributed by atoms with Crippen LogP contribution in [0, 0.1) is 0 Å². The number of hydrogen-bond acceptors (Lipinski definition) is 6. The van der Waals surface area contributed by atoms with E-state index in [0.717, 1.165) is 24.0 Å². The molecule has 5 rings (SSSR count). The van der Waals surface area contributed by atoms with Crippen LogP contribution in [-0.4, -0.2) is 36.5 Å². The van der Waals surface area contributed by atoms with Gasteiger partial charge < -0.3 is 19.7 Å². The minimum Gasteiger partial charge on any atom is -0.478 e. The van der Waals surface area contributed by atoms with Gasteiger partial charge in [-0.2, -0.15) is 0 Å². The second kappa shape index (κ2) is 14.2. The standard InChI is InChI=1S/C33H29Cl2N5O4/c1-2-3-16-40-20-30(26-13-8-23(34)18-27(26)35)38-31(40)28(39-32(41)29-19-36-14-15-37-29)17-21-4-9-24(10-5-21)44-25-11-6-22(7-12-25)33(42)43/h4-15,18-20,28H,2-3,16-17H2,1H3,(H,39,41)(H,42,43)/t28-/m0/s1. The predicted octanol–water partition coefficient (Wildman–Crippen LogP) is 7.65. The topological polar surface area (TPSA) is 119 Å². The number of unbranched alkanes of at least 4 members (excludes halogenated alkanes) is 1. The Labute approximate surface area is 264 Å². The molecule has 9 nitrogen and oxygen atoms in total. The molecule has 2 N–H and O–H groups in total. The molecule has 0 aliphatic heterocycles. The molecule has 224 valence electrons.